The van der Waals surface area contributed by atoms with E-state index in [1.807, 2.05) is 117 Å². The van der Waals surface area contributed by atoms with Crippen molar-refractivity contribution in [2.75, 3.05) is 32.1 Å². The average molecular weight is 629 g/mol. The molecule has 1 aliphatic rings. The van der Waals surface area contributed by atoms with Gasteiger partial charge in [-0.15, -0.1) is 11.8 Å². The second kappa shape index (κ2) is 14.1. The van der Waals surface area contributed by atoms with Crippen LogP contribution in [0.15, 0.2) is 138 Å². The van der Waals surface area contributed by atoms with Crippen LogP contribution in [0.4, 0.5) is 5.69 Å². The Labute approximate surface area is 276 Å². The van der Waals surface area contributed by atoms with Gasteiger partial charge in [0.15, 0.2) is 0 Å². The minimum Gasteiger partial charge on any atom is -0.382 e. The van der Waals surface area contributed by atoms with Gasteiger partial charge in [-0.25, -0.2) is 0 Å². The highest BCUT2D eigenvalue weighted by Gasteiger charge is 2.39. The van der Waals surface area contributed by atoms with Crippen LogP contribution in [0.1, 0.15) is 38.6 Å². The molecule has 0 spiro atoms. The largest absolute Gasteiger partial charge is 0.382 e. The van der Waals surface area contributed by atoms with E-state index < -0.39 is 17.0 Å². The highest BCUT2D eigenvalue weighted by atomic mass is 32.2. The maximum atomic E-state index is 13.8. The normalized spacial score (nSPS) is 16.7. The zero-order valence-corrected chi connectivity index (χ0v) is 27.4. The molecule has 1 heterocycles. The summed E-state index contributed by atoms with van der Waals surface area (Å²) in [5.74, 6) is -0.279. The molecule has 5 nitrogen and oxygen atoms in total. The molecule has 0 aromatic heterocycles. The zero-order valence-electron chi connectivity index (χ0n) is 26.5. The van der Waals surface area contributed by atoms with E-state index in [0.717, 1.165) is 44.0 Å². The van der Waals surface area contributed by atoms with Crippen LogP contribution < -0.4 is 4.90 Å². The summed E-state index contributed by atoms with van der Waals surface area (Å²) in [5.41, 5.74) is 6.13. The van der Waals surface area contributed by atoms with E-state index in [0.29, 0.717) is 19.7 Å². The van der Waals surface area contributed by atoms with Crippen molar-refractivity contribution in [1.82, 2.24) is 4.90 Å². The molecule has 0 aliphatic carbocycles. The van der Waals surface area contributed by atoms with E-state index in [-0.39, 0.29) is 5.91 Å². The minimum absolute atomic E-state index is 0.279. The van der Waals surface area contributed by atoms with Crippen molar-refractivity contribution in [3.05, 3.63) is 167 Å². The zero-order chi connectivity index (χ0) is 32.1. The SMILES string of the molecule is Cc1ccc(C2Sc3cc(COC(c4ccccc4)(c4ccccc4)c4ccccc4)ccc3N(CCN(C)C)C(=O)C2O)cc1. The number of benzene rings is 5. The lowest BCUT2D eigenvalue weighted by Gasteiger charge is -2.36. The number of carbonyl (C=O) groups excluding carboxylic acids is 1. The summed E-state index contributed by atoms with van der Waals surface area (Å²) in [5, 5.41) is 11.0. The van der Waals surface area contributed by atoms with Gasteiger partial charge in [0.25, 0.3) is 5.91 Å². The molecule has 46 heavy (non-hydrogen) atoms. The third-order valence-corrected chi connectivity index (χ3v) is 9.91. The van der Waals surface area contributed by atoms with Crippen LogP contribution in [0.2, 0.25) is 0 Å². The molecule has 1 amide bonds. The Hall–Kier alpha value is -4.20. The van der Waals surface area contributed by atoms with Gasteiger partial charge >= 0.3 is 0 Å². The monoisotopic (exact) mass is 628 g/mol. The summed E-state index contributed by atoms with van der Waals surface area (Å²) < 4.78 is 7.12. The topological polar surface area (TPSA) is 53.0 Å². The Kier molecular flexibility index (Phi) is 9.71. The van der Waals surface area contributed by atoms with Crippen LogP contribution in [0.3, 0.4) is 0 Å². The van der Waals surface area contributed by atoms with Gasteiger partial charge < -0.3 is 19.6 Å². The molecule has 0 saturated heterocycles. The molecule has 0 saturated carbocycles. The number of hydrogen-bond acceptors (Lipinski definition) is 5. The van der Waals surface area contributed by atoms with Gasteiger partial charge in [-0.05, 0) is 61.0 Å². The van der Waals surface area contributed by atoms with E-state index in [9.17, 15) is 9.90 Å². The van der Waals surface area contributed by atoms with Gasteiger partial charge in [0.2, 0.25) is 0 Å². The molecule has 1 N–H and O–H groups in total. The number of anilines is 1. The fraction of sp³-hybridized carbons (Fsp3) is 0.225. The molecule has 0 fully saturated rings. The van der Waals surface area contributed by atoms with E-state index >= 15 is 0 Å². The number of rotatable bonds is 10. The first kappa shape index (κ1) is 31.8. The third-order valence-electron chi connectivity index (χ3n) is 8.55. The molecule has 5 aromatic rings. The van der Waals surface area contributed by atoms with Crippen molar-refractivity contribution in [2.45, 2.75) is 35.4 Å². The number of hydrogen-bond donors (Lipinski definition) is 1. The second-order valence-electron chi connectivity index (χ2n) is 12.1. The van der Waals surface area contributed by atoms with Crippen LogP contribution in [-0.2, 0) is 21.7 Å². The van der Waals surface area contributed by atoms with Crippen molar-refractivity contribution in [2.24, 2.45) is 0 Å². The van der Waals surface area contributed by atoms with E-state index in [1.165, 1.54) is 0 Å². The number of fused-ring (bicyclic) bond motifs is 1. The van der Waals surface area contributed by atoms with Crippen LogP contribution in [0.5, 0.6) is 0 Å². The summed E-state index contributed by atoms with van der Waals surface area (Å²) in [6, 6.07) is 45.4. The van der Waals surface area contributed by atoms with Crippen LogP contribution in [0.25, 0.3) is 0 Å². The van der Waals surface area contributed by atoms with Crippen molar-refractivity contribution < 1.29 is 14.6 Å². The summed E-state index contributed by atoms with van der Waals surface area (Å²) in [4.78, 5) is 18.5. The van der Waals surface area contributed by atoms with Crippen molar-refractivity contribution >= 4 is 23.4 Å². The first-order chi connectivity index (χ1) is 22.4. The Morgan fingerprint density at radius 2 is 1.33 bits per heavy atom. The van der Waals surface area contributed by atoms with E-state index in [2.05, 4.69) is 42.5 Å². The maximum absolute atomic E-state index is 13.8. The molecule has 0 radical (unpaired) electrons. The predicted octanol–water partition coefficient (Wildman–Crippen LogP) is 7.61. The summed E-state index contributed by atoms with van der Waals surface area (Å²) in [7, 11) is 3.98. The lowest BCUT2D eigenvalue weighted by atomic mass is 9.80. The van der Waals surface area contributed by atoms with E-state index in [4.69, 9.17) is 4.74 Å². The van der Waals surface area contributed by atoms with Crippen molar-refractivity contribution in [3.63, 3.8) is 0 Å². The maximum Gasteiger partial charge on any atom is 0.257 e. The first-order valence-corrected chi connectivity index (χ1v) is 16.6. The van der Waals surface area contributed by atoms with Crippen LogP contribution >= 0.6 is 11.8 Å². The number of thioether (sulfide) groups is 1. The molecule has 6 rings (SSSR count). The molecule has 6 heteroatoms. The smallest absolute Gasteiger partial charge is 0.257 e. The number of ether oxygens (including phenoxy) is 1. The third kappa shape index (κ3) is 6.53. The quantitative estimate of drug-likeness (QED) is 0.161. The number of carbonyl (C=O) groups is 1. The summed E-state index contributed by atoms with van der Waals surface area (Å²) in [6.07, 6.45) is -1.18. The number of nitrogens with zero attached hydrogens (tertiary/aromatic N) is 2. The first-order valence-electron chi connectivity index (χ1n) is 15.7. The van der Waals surface area contributed by atoms with Gasteiger partial charge in [0.05, 0.1) is 17.5 Å². The van der Waals surface area contributed by atoms with Gasteiger partial charge in [0.1, 0.15) is 11.7 Å². The highest BCUT2D eigenvalue weighted by Crippen LogP contribution is 2.47. The number of aliphatic hydroxyl groups is 1. The standard InChI is InChI=1S/C40H40N2O3S/c1-29-19-22-31(23-20-29)38-37(43)39(44)42(26-25-41(2)3)35-24-21-30(27-36(35)46-38)28-45-40(32-13-7-4-8-14-32,33-15-9-5-10-16-33)34-17-11-6-12-18-34/h4-24,27,37-38,43H,25-26,28H2,1-3H3. The van der Waals surface area contributed by atoms with Crippen molar-refractivity contribution in [3.8, 4) is 0 Å². The van der Waals surface area contributed by atoms with Crippen LogP contribution in [0, 0.1) is 6.92 Å². The fourth-order valence-electron chi connectivity index (χ4n) is 6.07. The highest BCUT2D eigenvalue weighted by molar-refractivity contribution is 7.99. The van der Waals surface area contributed by atoms with E-state index in [1.54, 1.807) is 16.7 Å². The lowest BCUT2D eigenvalue weighted by molar-refractivity contribution is -0.126. The molecule has 1 aliphatic heterocycles. The molecular weight excluding hydrogens is 589 g/mol. The molecule has 2 atom stereocenters. The van der Waals surface area contributed by atoms with Crippen LogP contribution in [-0.4, -0.2) is 49.2 Å². The Balaban J connectivity index is 1.41. The second-order valence-corrected chi connectivity index (χ2v) is 13.2. The lowest BCUT2D eigenvalue weighted by Crippen LogP contribution is -2.43. The number of amides is 1. The molecular formula is C40H40N2O3S. The average Bonchev–Trinajstić information content (AvgIpc) is 3.19. The molecule has 0 bridgehead atoms. The van der Waals surface area contributed by atoms with Gasteiger partial charge in [-0.3, -0.25) is 4.79 Å². The minimum atomic E-state index is -1.18. The number of likely N-dealkylation sites (N-methyl/N-ethyl adjacent to an activating group) is 1. The Bertz CT molecular complexity index is 1650. The predicted molar refractivity (Wildman–Crippen MR) is 187 cm³/mol. The molecule has 2 unspecified atom stereocenters. The van der Waals surface area contributed by atoms with Gasteiger partial charge in [-0.1, -0.05) is 127 Å². The molecule has 234 valence electrons. The number of aliphatic hydroxyl groups excluding tert-OH is 1. The fourth-order valence-corrected chi connectivity index (χ4v) is 7.40. The summed E-state index contributed by atoms with van der Waals surface area (Å²) >= 11 is 1.54. The number of aryl methyl sites for hydroxylation is 1. The van der Waals surface area contributed by atoms with Crippen molar-refractivity contribution in [1.29, 1.82) is 0 Å². The molecule has 5 aromatic carbocycles. The van der Waals surface area contributed by atoms with Gasteiger partial charge in [-0.2, -0.15) is 0 Å². The Morgan fingerprint density at radius 3 is 1.85 bits per heavy atom. The summed E-state index contributed by atoms with van der Waals surface area (Å²) in [6.45, 7) is 3.52. The Morgan fingerprint density at radius 1 is 0.783 bits per heavy atom. The van der Waals surface area contributed by atoms with Gasteiger partial charge in [0, 0.05) is 18.0 Å².